The van der Waals surface area contributed by atoms with E-state index in [-0.39, 0.29) is 11.7 Å². The molecule has 0 aliphatic carbocycles. The molecule has 2 aromatic carbocycles. The third-order valence-electron chi connectivity index (χ3n) is 6.86. The zero-order chi connectivity index (χ0) is 25.7. The quantitative estimate of drug-likeness (QED) is 0.143. The number of nitrogens with one attached hydrogen (secondary N) is 1. The average molecular weight is 492 g/mol. The van der Waals surface area contributed by atoms with Gasteiger partial charge in [0.1, 0.15) is 5.75 Å². The molecular weight excluding hydrogens is 442 g/mol. The summed E-state index contributed by atoms with van der Waals surface area (Å²) < 4.78 is 0. The van der Waals surface area contributed by atoms with Crippen molar-refractivity contribution >= 4 is 17.7 Å². The molecule has 0 heterocycles. The van der Waals surface area contributed by atoms with Crippen molar-refractivity contribution in [1.82, 2.24) is 0 Å². The molecule has 0 aliphatic heterocycles. The number of aryl methyl sites for hydroxylation is 1. The van der Waals surface area contributed by atoms with Crippen molar-refractivity contribution in [2.24, 2.45) is 0 Å². The number of carbonyl (C=O) groups excluding carboxylic acids is 1. The van der Waals surface area contributed by atoms with Crippen LogP contribution in [-0.4, -0.2) is 11.0 Å². The largest absolute Gasteiger partial charge is 0.508 e. The number of aromatic hydroxyl groups is 1. The van der Waals surface area contributed by atoms with Crippen molar-refractivity contribution in [2.45, 2.75) is 116 Å². The molecule has 1 amide bonds. The van der Waals surface area contributed by atoms with Crippen LogP contribution in [0.1, 0.15) is 121 Å². The lowest BCUT2D eigenvalue weighted by atomic mass is 10.0. The lowest BCUT2D eigenvalue weighted by Crippen LogP contribution is -2.07. The third kappa shape index (κ3) is 14.8. The van der Waals surface area contributed by atoms with Gasteiger partial charge < -0.3 is 10.4 Å². The number of unbranched alkanes of at least 4 members (excludes halogenated alkanes) is 15. The molecule has 0 aliphatic rings. The van der Waals surface area contributed by atoms with Gasteiger partial charge in [-0.3, -0.25) is 4.79 Å². The summed E-state index contributed by atoms with van der Waals surface area (Å²) >= 11 is 0. The number of phenolic OH excluding ortho intramolecular Hbond substituents is 1. The topological polar surface area (TPSA) is 49.3 Å². The number of rotatable bonds is 20. The molecule has 0 bridgehead atoms. The van der Waals surface area contributed by atoms with Crippen molar-refractivity contribution in [3.8, 4) is 5.75 Å². The van der Waals surface area contributed by atoms with E-state index >= 15 is 0 Å². The van der Waals surface area contributed by atoms with Gasteiger partial charge in [-0.25, -0.2) is 0 Å². The van der Waals surface area contributed by atoms with Crippen LogP contribution >= 0.6 is 0 Å². The monoisotopic (exact) mass is 491 g/mol. The second-order valence-corrected chi connectivity index (χ2v) is 10.2. The van der Waals surface area contributed by atoms with E-state index in [9.17, 15) is 9.90 Å². The molecule has 0 aromatic heterocycles. The molecule has 0 unspecified atom stereocenters. The second kappa shape index (κ2) is 19.6. The van der Waals surface area contributed by atoms with E-state index in [1.807, 2.05) is 12.1 Å². The van der Waals surface area contributed by atoms with E-state index < -0.39 is 0 Å². The number of phenols is 1. The Bertz CT molecular complexity index is 839. The molecule has 3 heteroatoms. The average Bonchev–Trinajstić information content (AvgIpc) is 2.89. The Morgan fingerprint density at radius 2 is 1.14 bits per heavy atom. The van der Waals surface area contributed by atoms with Gasteiger partial charge in [0.2, 0.25) is 5.91 Å². The Kier molecular flexibility index (Phi) is 16.2. The predicted molar refractivity (Wildman–Crippen MR) is 155 cm³/mol. The molecule has 2 rings (SSSR count). The van der Waals surface area contributed by atoms with Crippen LogP contribution in [0.25, 0.3) is 6.08 Å². The number of anilines is 1. The van der Waals surface area contributed by atoms with Crippen LogP contribution in [-0.2, 0) is 11.2 Å². The maximum Gasteiger partial charge on any atom is 0.248 e. The number of benzene rings is 2. The minimum absolute atomic E-state index is 0.159. The van der Waals surface area contributed by atoms with Crippen molar-refractivity contribution in [2.75, 3.05) is 5.32 Å². The molecule has 36 heavy (non-hydrogen) atoms. The number of carbonyl (C=O) groups is 1. The minimum atomic E-state index is -0.159. The summed E-state index contributed by atoms with van der Waals surface area (Å²) in [5.74, 6) is 0.0601. The fourth-order valence-corrected chi connectivity index (χ4v) is 4.57. The van der Waals surface area contributed by atoms with Crippen LogP contribution in [0.5, 0.6) is 5.75 Å². The molecule has 198 valence electrons. The zero-order valence-electron chi connectivity index (χ0n) is 22.6. The van der Waals surface area contributed by atoms with Crippen molar-refractivity contribution in [1.29, 1.82) is 0 Å². The second-order valence-electron chi connectivity index (χ2n) is 10.2. The summed E-state index contributed by atoms with van der Waals surface area (Å²) in [5.41, 5.74) is 3.01. The summed E-state index contributed by atoms with van der Waals surface area (Å²) in [6.07, 6.45) is 26.7. The molecule has 2 N–H and O–H groups in total. The van der Waals surface area contributed by atoms with Crippen LogP contribution in [0.15, 0.2) is 54.6 Å². The fraction of sp³-hybridized carbons (Fsp3) is 0.545. The van der Waals surface area contributed by atoms with Gasteiger partial charge in [-0.05, 0) is 54.3 Å². The molecule has 0 saturated heterocycles. The first kappa shape index (κ1) is 29.7. The first-order chi connectivity index (χ1) is 17.7. The molecule has 2 aromatic rings. The molecule has 0 radical (unpaired) electrons. The number of amides is 1. The highest BCUT2D eigenvalue weighted by Gasteiger charge is 2.00. The SMILES string of the molecule is CCCCCCCCCCCCCCCCCCc1ccc(NC(=O)C=Cc2ccc(O)cc2)cc1. The highest BCUT2D eigenvalue weighted by Crippen LogP contribution is 2.16. The standard InChI is InChI=1S/C33H49NO2/c1-2-3-4-5-6-7-8-9-10-11-12-13-14-15-16-17-18-29-19-24-31(25-20-29)34-33(36)28-23-30-21-26-32(35)27-22-30/h19-28,35H,2-18H2,1H3,(H,34,36). The maximum atomic E-state index is 12.1. The molecule has 0 fully saturated rings. The van der Waals surface area contributed by atoms with Gasteiger partial charge >= 0.3 is 0 Å². The highest BCUT2D eigenvalue weighted by atomic mass is 16.3. The smallest absolute Gasteiger partial charge is 0.248 e. The van der Waals surface area contributed by atoms with Crippen LogP contribution in [0, 0.1) is 0 Å². The fourth-order valence-electron chi connectivity index (χ4n) is 4.57. The maximum absolute atomic E-state index is 12.1. The lowest BCUT2D eigenvalue weighted by Gasteiger charge is -2.06. The third-order valence-corrected chi connectivity index (χ3v) is 6.86. The Labute approximate surface area is 220 Å². The molecule has 0 atom stereocenters. The van der Waals surface area contributed by atoms with Crippen LogP contribution in [0.4, 0.5) is 5.69 Å². The van der Waals surface area contributed by atoms with E-state index in [0.717, 1.165) is 17.7 Å². The van der Waals surface area contributed by atoms with E-state index in [1.165, 1.54) is 114 Å². The van der Waals surface area contributed by atoms with Crippen molar-refractivity contribution in [3.05, 3.63) is 65.7 Å². The number of hydrogen-bond acceptors (Lipinski definition) is 2. The van der Waals surface area contributed by atoms with Crippen LogP contribution in [0.3, 0.4) is 0 Å². The van der Waals surface area contributed by atoms with E-state index in [4.69, 9.17) is 0 Å². The van der Waals surface area contributed by atoms with Gasteiger partial charge in [0.25, 0.3) is 0 Å². The van der Waals surface area contributed by atoms with E-state index in [0.29, 0.717) is 0 Å². The zero-order valence-corrected chi connectivity index (χ0v) is 22.6. The Morgan fingerprint density at radius 3 is 1.64 bits per heavy atom. The summed E-state index contributed by atoms with van der Waals surface area (Å²) in [4.78, 5) is 12.1. The van der Waals surface area contributed by atoms with Gasteiger partial charge in [0, 0.05) is 11.8 Å². The van der Waals surface area contributed by atoms with E-state index in [2.05, 4.69) is 24.4 Å². The summed E-state index contributed by atoms with van der Waals surface area (Å²) in [6, 6.07) is 14.9. The summed E-state index contributed by atoms with van der Waals surface area (Å²) in [5, 5.41) is 12.2. The van der Waals surface area contributed by atoms with Crippen LogP contribution in [0.2, 0.25) is 0 Å². The number of hydrogen-bond donors (Lipinski definition) is 2. The van der Waals surface area contributed by atoms with Gasteiger partial charge in [-0.1, -0.05) is 128 Å². The van der Waals surface area contributed by atoms with Gasteiger partial charge in [-0.15, -0.1) is 0 Å². The molecule has 0 saturated carbocycles. The molecule has 3 nitrogen and oxygen atoms in total. The first-order valence-corrected chi connectivity index (χ1v) is 14.5. The van der Waals surface area contributed by atoms with Gasteiger partial charge in [-0.2, -0.15) is 0 Å². The summed E-state index contributed by atoms with van der Waals surface area (Å²) in [7, 11) is 0. The Hall–Kier alpha value is -2.55. The van der Waals surface area contributed by atoms with E-state index in [1.54, 1.807) is 30.3 Å². The Balaban J connectivity index is 1.43. The highest BCUT2D eigenvalue weighted by molar-refractivity contribution is 6.01. The van der Waals surface area contributed by atoms with Crippen LogP contribution < -0.4 is 5.32 Å². The molecular formula is C33H49NO2. The first-order valence-electron chi connectivity index (χ1n) is 14.5. The minimum Gasteiger partial charge on any atom is -0.508 e. The molecule has 0 spiro atoms. The van der Waals surface area contributed by atoms with Gasteiger partial charge in [0.05, 0.1) is 0 Å². The van der Waals surface area contributed by atoms with Crippen molar-refractivity contribution in [3.63, 3.8) is 0 Å². The predicted octanol–water partition coefficient (Wildman–Crippen LogP) is 9.85. The van der Waals surface area contributed by atoms with Gasteiger partial charge in [0.15, 0.2) is 0 Å². The summed E-state index contributed by atoms with van der Waals surface area (Å²) in [6.45, 7) is 2.29. The normalized spacial score (nSPS) is 11.2. The lowest BCUT2D eigenvalue weighted by molar-refractivity contribution is -0.111. The van der Waals surface area contributed by atoms with Crippen molar-refractivity contribution < 1.29 is 9.90 Å². The Morgan fingerprint density at radius 1 is 0.667 bits per heavy atom.